The number of benzene rings is 7. The molecule has 2 aliphatic rings. The molecule has 0 atom stereocenters. The molecule has 7 aromatic carbocycles. The van der Waals surface area contributed by atoms with Gasteiger partial charge < -0.3 is 9.80 Å². The van der Waals surface area contributed by atoms with E-state index in [2.05, 4.69) is 219 Å². The standard InChI is InChI=1S/C59H55BN2S2/c1-34-24-49-55-50(25-34)62(57-37(4)28-44(29-38(57)5)59(9,10)11)48-31-42(54-33-40-17-13-15-19-52(40)64-54)21-23-46(48)60(55)45-22-20-41(53-32-39-16-12-14-18-51(39)63-53)30-47(45)61(49)56-35(2)26-43(27-36(56)3)58(6,7)8/h12-33H,1-11H3. The van der Waals surface area contributed by atoms with Crippen molar-refractivity contribution in [2.45, 2.75) is 87.0 Å². The van der Waals surface area contributed by atoms with Crippen LogP contribution in [0.15, 0.2) is 133 Å². The summed E-state index contributed by atoms with van der Waals surface area (Å²) in [4.78, 5) is 7.87. The van der Waals surface area contributed by atoms with Crippen LogP contribution in [0.3, 0.4) is 0 Å². The van der Waals surface area contributed by atoms with E-state index < -0.39 is 0 Å². The Kier molecular flexibility index (Phi) is 9.31. The number of rotatable bonds is 4. The van der Waals surface area contributed by atoms with Crippen molar-refractivity contribution in [2.75, 3.05) is 9.80 Å². The van der Waals surface area contributed by atoms with Crippen LogP contribution in [0, 0.1) is 34.6 Å². The SMILES string of the molecule is Cc1cc2c3c(c1)N(c1c(C)cc(C(C)(C)C)cc1C)c1cc(-c4cc5ccccc5s4)ccc1B3c1ccc(-c3cc4ccccc4s3)cc1N2c1c(C)cc(C(C)(C)C)cc1C. The van der Waals surface area contributed by atoms with E-state index in [1.165, 1.54) is 131 Å². The predicted molar refractivity (Wildman–Crippen MR) is 283 cm³/mol. The lowest BCUT2D eigenvalue weighted by Crippen LogP contribution is -2.61. The minimum Gasteiger partial charge on any atom is -0.311 e. The Morgan fingerprint density at radius 3 is 1.19 bits per heavy atom. The molecule has 316 valence electrons. The molecule has 9 aromatic rings. The van der Waals surface area contributed by atoms with Crippen LogP contribution in [0.4, 0.5) is 34.1 Å². The van der Waals surface area contributed by atoms with E-state index in [1.54, 1.807) is 0 Å². The van der Waals surface area contributed by atoms with E-state index in [-0.39, 0.29) is 17.5 Å². The minimum atomic E-state index is 0.0277. The minimum absolute atomic E-state index is 0.0277. The summed E-state index contributed by atoms with van der Waals surface area (Å²) >= 11 is 3.77. The van der Waals surface area contributed by atoms with Crippen LogP contribution in [0.2, 0.25) is 0 Å². The molecule has 0 amide bonds. The van der Waals surface area contributed by atoms with Gasteiger partial charge in [0.2, 0.25) is 0 Å². The van der Waals surface area contributed by atoms with Gasteiger partial charge in [0.25, 0.3) is 6.71 Å². The molecule has 2 aromatic heterocycles. The van der Waals surface area contributed by atoms with Gasteiger partial charge in [-0.3, -0.25) is 0 Å². The van der Waals surface area contributed by atoms with Crippen molar-refractivity contribution in [3.8, 4) is 20.9 Å². The highest BCUT2D eigenvalue weighted by molar-refractivity contribution is 7.22. The fourth-order valence-electron chi connectivity index (χ4n) is 10.6. The van der Waals surface area contributed by atoms with Gasteiger partial charge in [-0.15, -0.1) is 22.7 Å². The summed E-state index contributed by atoms with van der Waals surface area (Å²) in [7, 11) is 0. The summed E-state index contributed by atoms with van der Waals surface area (Å²) in [6.45, 7) is 25.6. The molecule has 2 nitrogen and oxygen atoms in total. The third kappa shape index (κ3) is 6.49. The molecule has 0 N–H and O–H groups in total. The van der Waals surface area contributed by atoms with Gasteiger partial charge in [-0.1, -0.05) is 126 Å². The zero-order valence-electron chi connectivity index (χ0n) is 39.0. The topological polar surface area (TPSA) is 6.48 Å². The Bertz CT molecular complexity index is 3060. The third-order valence-electron chi connectivity index (χ3n) is 13.8. The van der Waals surface area contributed by atoms with Crippen LogP contribution >= 0.6 is 22.7 Å². The Balaban J connectivity index is 1.22. The highest BCUT2D eigenvalue weighted by Gasteiger charge is 2.45. The van der Waals surface area contributed by atoms with Crippen LogP contribution < -0.4 is 26.2 Å². The number of anilines is 6. The first-order chi connectivity index (χ1) is 30.5. The maximum atomic E-state index is 2.64. The van der Waals surface area contributed by atoms with Crippen molar-refractivity contribution in [3.05, 3.63) is 172 Å². The third-order valence-corrected chi connectivity index (χ3v) is 16.1. The summed E-state index contributed by atoms with van der Waals surface area (Å²) in [6.07, 6.45) is 0. The van der Waals surface area contributed by atoms with Crippen molar-refractivity contribution in [2.24, 2.45) is 0 Å². The lowest BCUT2D eigenvalue weighted by Gasteiger charge is -2.46. The maximum absolute atomic E-state index is 2.64. The number of thiophene rings is 2. The maximum Gasteiger partial charge on any atom is 0.252 e. The van der Waals surface area contributed by atoms with E-state index >= 15 is 0 Å². The van der Waals surface area contributed by atoms with Gasteiger partial charge in [-0.05, 0) is 171 Å². The molecule has 0 unspecified atom stereocenters. The van der Waals surface area contributed by atoms with Gasteiger partial charge in [0.1, 0.15) is 0 Å². The molecule has 0 fully saturated rings. The summed E-state index contributed by atoms with van der Waals surface area (Å²) < 4.78 is 2.64. The van der Waals surface area contributed by atoms with Crippen molar-refractivity contribution in [1.29, 1.82) is 0 Å². The molecule has 0 radical (unpaired) electrons. The van der Waals surface area contributed by atoms with Gasteiger partial charge in [0.05, 0.1) is 11.4 Å². The van der Waals surface area contributed by atoms with E-state index in [0.29, 0.717) is 0 Å². The molecule has 0 saturated heterocycles. The van der Waals surface area contributed by atoms with Crippen molar-refractivity contribution < 1.29 is 0 Å². The average molecular weight is 867 g/mol. The molecule has 4 heterocycles. The van der Waals surface area contributed by atoms with E-state index in [9.17, 15) is 0 Å². The number of hydrogen-bond donors (Lipinski definition) is 0. The molecule has 0 aliphatic carbocycles. The quantitative estimate of drug-likeness (QED) is 0.163. The Labute approximate surface area is 387 Å². The fourth-order valence-corrected chi connectivity index (χ4v) is 12.8. The molecule has 5 heteroatoms. The highest BCUT2D eigenvalue weighted by atomic mass is 32.1. The number of fused-ring (bicyclic) bond motifs is 6. The lowest BCUT2D eigenvalue weighted by atomic mass is 9.33. The largest absolute Gasteiger partial charge is 0.311 e. The molecular weight excluding hydrogens is 812 g/mol. The second kappa shape index (κ2) is 14.6. The smallest absolute Gasteiger partial charge is 0.252 e. The van der Waals surface area contributed by atoms with Gasteiger partial charge >= 0.3 is 0 Å². The van der Waals surface area contributed by atoms with Gasteiger partial charge in [-0.25, -0.2) is 0 Å². The summed E-state index contributed by atoms with van der Waals surface area (Å²) in [6, 6.07) is 51.7. The first-order valence-electron chi connectivity index (χ1n) is 22.8. The number of hydrogen-bond acceptors (Lipinski definition) is 4. The second-order valence-corrected chi connectivity index (χ2v) is 22.7. The highest BCUT2D eigenvalue weighted by Crippen LogP contribution is 2.50. The Hall–Kier alpha value is -5.88. The van der Waals surface area contributed by atoms with Crippen molar-refractivity contribution in [1.82, 2.24) is 0 Å². The molecule has 64 heavy (non-hydrogen) atoms. The van der Waals surface area contributed by atoms with Crippen LogP contribution in [0.1, 0.15) is 80.5 Å². The van der Waals surface area contributed by atoms with Crippen LogP contribution in [0.25, 0.3) is 41.1 Å². The molecule has 0 saturated carbocycles. The first kappa shape index (κ1) is 40.9. The first-order valence-corrected chi connectivity index (χ1v) is 24.4. The molecular formula is C59H55BN2S2. The van der Waals surface area contributed by atoms with Gasteiger partial charge in [-0.2, -0.15) is 0 Å². The Morgan fingerprint density at radius 2 is 0.812 bits per heavy atom. The number of nitrogens with zero attached hydrogens (tertiary/aromatic N) is 2. The van der Waals surface area contributed by atoms with Crippen LogP contribution in [-0.2, 0) is 10.8 Å². The zero-order chi connectivity index (χ0) is 44.6. The summed E-state index contributed by atoms with van der Waals surface area (Å²) in [5.41, 5.74) is 23.4. The molecule has 11 rings (SSSR count). The van der Waals surface area contributed by atoms with Crippen LogP contribution in [-0.4, -0.2) is 6.71 Å². The summed E-state index contributed by atoms with van der Waals surface area (Å²) in [5, 5.41) is 2.59. The van der Waals surface area contributed by atoms with E-state index in [0.717, 1.165) is 0 Å². The average Bonchev–Trinajstić information content (AvgIpc) is 3.89. The van der Waals surface area contributed by atoms with Crippen LogP contribution in [0.5, 0.6) is 0 Å². The lowest BCUT2D eigenvalue weighted by molar-refractivity contribution is 0.589. The zero-order valence-corrected chi connectivity index (χ0v) is 40.6. The monoisotopic (exact) mass is 866 g/mol. The van der Waals surface area contributed by atoms with Crippen molar-refractivity contribution >= 4 is 100 Å². The van der Waals surface area contributed by atoms with E-state index in [1.807, 2.05) is 22.7 Å². The molecule has 0 spiro atoms. The Morgan fingerprint density at radius 1 is 0.422 bits per heavy atom. The van der Waals surface area contributed by atoms with Crippen molar-refractivity contribution in [3.63, 3.8) is 0 Å². The molecule has 2 aliphatic heterocycles. The van der Waals surface area contributed by atoms with Gasteiger partial charge in [0.15, 0.2) is 0 Å². The fraction of sp³-hybridized carbons (Fsp3) is 0.220. The normalized spacial score (nSPS) is 13.5. The number of aryl methyl sites for hydroxylation is 5. The van der Waals surface area contributed by atoms with E-state index in [4.69, 9.17) is 0 Å². The molecule has 0 bridgehead atoms. The van der Waals surface area contributed by atoms with Gasteiger partial charge in [0, 0.05) is 41.9 Å². The second-order valence-electron chi connectivity index (χ2n) is 20.6. The summed E-state index contributed by atoms with van der Waals surface area (Å²) in [5.74, 6) is 0. The predicted octanol–water partition coefficient (Wildman–Crippen LogP) is 15.7.